The van der Waals surface area contributed by atoms with E-state index in [2.05, 4.69) is 13.5 Å². The lowest BCUT2D eigenvalue weighted by atomic mass is 9.93. The van der Waals surface area contributed by atoms with Gasteiger partial charge in [-0.3, -0.25) is 0 Å². The average Bonchev–Trinajstić information content (AvgIpc) is 2.26. The molecule has 1 aromatic carbocycles. The second kappa shape index (κ2) is 6.28. The van der Waals surface area contributed by atoms with Gasteiger partial charge >= 0.3 is 0 Å². The van der Waals surface area contributed by atoms with E-state index in [1.165, 1.54) is 19.3 Å². The highest BCUT2D eigenvalue weighted by molar-refractivity contribution is 5.36. The summed E-state index contributed by atoms with van der Waals surface area (Å²) in [6, 6.07) is 7.54. The molecule has 0 spiro atoms. The molecule has 0 aliphatic rings. The van der Waals surface area contributed by atoms with Crippen LogP contribution in [0.2, 0.25) is 0 Å². The molecule has 15 heavy (non-hydrogen) atoms. The van der Waals surface area contributed by atoms with E-state index < -0.39 is 0 Å². The molecule has 82 valence electrons. The topological polar surface area (TPSA) is 20.2 Å². The summed E-state index contributed by atoms with van der Waals surface area (Å²) in [6.07, 6.45) is 6.68. The van der Waals surface area contributed by atoms with Gasteiger partial charge in [0.2, 0.25) is 0 Å². The fourth-order valence-corrected chi connectivity index (χ4v) is 1.82. The number of rotatable bonds is 6. The molecule has 1 rings (SSSR count). The van der Waals surface area contributed by atoms with Gasteiger partial charge in [0.25, 0.3) is 0 Å². The average molecular weight is 204 g/mol. The van der Waals surface area contributed by atoms with Crippen LogP contribution in [0.1, 0.15) is 44.1 Å². The first kappa shape index (κ1) is 11.8. The van der Waals surface area contributed by atoms with Gasteiger partial charge in [-0.1, -0.05) is 50.5 Å². The molecule has 1 nitrogen and oxygen atoms in total. The van der Waals surface area contributed by atoms with Crippen LogP contribution in [0, 0.1) is 0 Å². The van der Waals surface area contributed by atoms with Crippen molar-refractivity contribution in [2.24, 2.45) is 0 Å². The predicted octanol–water partition coefficient (Wildman–Crippen LogP) is 4.24. The van der Waals surface area contributed by atoms with Gasteiger partial charge in [0.15, 0.2) is 0 Å². The molecule has 1 N–H and O–H groups in total. The standard InChI is InChI=1S/C14H20O/c1-3-5-6-9-12(4-2)13-10-7-8-11-14(13)15/h4,7-8,10-12,15H,2-3,5-6,9H2,1H3. The molecule has 0 aliphatic heterocycles. The zero-order valence-electron chi connectivity index (χ0n) is 9.45. The summed E-state index contributed by atoms with van der Waals surface area (Å²) in [5, 5.41) is 9.72. The van der Waals surface area contributed by atoms with Crippen LogP contribution in [-0.4, -0.2) is 5.11 Å². The lowest BCUT2D eigenvalue weighted by molar-refractivity contribution is 0.462. The molecule has 1 aromatic rings. The van der Waals surface area contributed by atoms with E-state index in [9.17, 15) is 5.11 Å². The number of para-hydroxylation sites is 1. The van der Waals surface area contributed by atoms with E-state index in [0.717, 1.165) is 12.0 Å². The molecule has 0 amide bonds. The van der Waals surface area contributed by atoms with Crippen molar-refractivity contribution in [1.29, 1.82) is 0 Å². The highest BCUT2D eigenvalue weighted by atomic mass is 16.3. The minimum atomic E-state index is 0.290. The van der Waals surface area contributed by atoms with Gasteiger partial charge in [-0.2, -0.15) is 0 Å². The Hall–Kier alpha value is -1.24. The summed E-state index contributed by atoms with van der Waals surface area (Å²) in [4.78, 5) is 0. The normalized spacial score (nSPS) is 12.3. The second-order valence-corrected chi connectivity index (χ2v) is 3.90. The van der Waals surface area contributed by atoms with Crippen molar-refractivity contribution < 1.29 is 5.11 Å². The monoisotopic (exact) mass is 204 g/mol. The molecular weight excluding hydrogens is 184 g/mol. The molecule has 0 heterocycles. The highest BCUT2D eigenvalue weighted by Gasteiger charge is 2.10. The van der Waals surface area contributed by atoms with Crippen molar-refractivity contribution in [3.63, 3.8) is 0 Å². The zero-order chi connectivity index (χ0) is 11.1. The summed E-state index contributed by atoms with van der Waals surface area (Å²) in [5.74, 6) is 0.677. The Balaban J connectivity index is 2.66. The number of unbranched alkanes of at least 4 members (excludes halogenated alkanes) is 2. The van der Waals surface area contributed by atoms with Crippen molar-refractivity contribution in [3.05, 3.63) is 42.5 Å². The van der Waals surface area contributed by atoms with Crippen molar-refractivity contribution in [1.82, 2.24) is 0 Å². The smallest absolute Gasteiger partial charge is 0.119 e. The van der Waals surface area contributed by atoms with Crippen LogP contribution >= 0.6 is 0 Å². The molecule has 0 radical (unpaired) electrons. The maximum Gasteiger partial charge on any atom is 0.119 e. The van der Waals surface area contributed by atoms with Gasteiger partial charge in [0.1, 0.15) is 5.75 Å². The molecule has 0 fully saturated rings. The maximum atomic E-state index is 9.72. The second-order valence-electron chi connectivity index (χ2n) is 3.90. The van der Waals surface area contributed by atoms with E-state index in [1.54, 1.807) is 6.07 Å². The molecular formula is C14H20O. The van der Waals surface area contributed by atoms with Crippen LogP contribution in [-0.2, 0) is 0 Å². The van der Waals surface area contributed by atoms with Crippen molar-refractivity contribution in [3.8, 4) is 5.75 Å². The molecule has 0 aliphatic carbocycles. The SMILES string of the molecule is C=CC(CCCCC)c1ccccc1O. The van der Waals surface area contributed by atoms with Crippen molar-refractivity contribution >= 4 is 0 Å². The highest BCUT2D eigenvalue weighted by Crippen LogP contribution is 2.30. The maximum absolute atomic E-state index is 9.72. The molecule has 1 unspecified atom stereocenters. The minimum Gasteiger partial charge on any atom is -0.508 e. The third-order valence-electron chi connectivity index (χ3n) is 2.74. The Morgan fingerprint density at radius 2 is 2.07 bits per heavy atom. The number of phenolic OH excluding ortho intramolecular Hbond substituents is 1. The summed E-state index contributed by atoms with van der Waals surface area (Å²) >= 11 is 0. The summed E-state index contributed by atoms with van der Waals surface area (Å²) in [6.45, 7) is 6.04. The van der Waals surface area contributed by atoms with Gasteiger partial charge in [-0.25, -0.2) is 0 Å². The Labute approximate surface area is 92.5 Å². The van der Waals surface area contributed by atoms with Crippen LogP contribution in [0.4, 0.5) is 0 Å². The van der Waals surface area contributed by atoms with Crippen LogP contribution in [0.15, 0.2) is 36.9 Å². The van der Waals surface area contributed by atoms with Crippen LogP contribution in [0.3, 0.4) is 0 Å². The van der Waals surface area contributed by atoms with Crippen LogP contribution in [0.25, 0.3) is 0 Å². The van der Waals surface area contributed by atoms with Crippen molar-refractivity contribution in [2.75, 3.05) is 0 Å². The number of aromatic hydroxyl groups is 1. The van der Waals surface area contributed by atoms with Gasteiger partial charge in [-0.15, -0.1) is 6.58 Å². The summed E-state index contributed by atoms with van der Waals surface area (Å²) < 4.78 is 0. The molecule has 0 saturated heterocycles. The van der Waals surface area contributed by atoms with Gasteiger partial charge in [-0.05, 0) is 12.5 Å². The molecule has 0 aromatic heterocycles. The predicted molar refractivity (Wildman–Crippen MR) is 65.2 cm³/mol. The van der Waals surface area contributed by atoms with E-state index >= 15 is 0 Å². The van der Waals surface area contributed by atoms with Crippen LogP contribution in [0.5, 0.6) is 5.75 Å². The molecule has 1 atom stereocenters. The third-order valence-corrected chi connectivity index (χ3v) is 2.74. The van der Waals surface area contributed by atoms with E-state index in [1.807, 2.05) is 24.3 Å². The molecule has 0 saturated carbocycles. The third kappa shape index (κ3) is 3.43. The van der Waals surface area contributed by atoms with Gasteiger partial charge in [0, 0.05) is 11.5 Å². The first-order chi connectivity index (χ1) is 7.29. The largest absolute Gasteiger partial charge is 0.508 e. The summed E-state index contributed by atoms with van der Waals surface area (Å²) in [5.41, 5.74) is 1.00. The minimum absolute atomic E-state index is 0.290. The number of hydrogen-bond acceptors (Lipinski definition) is 1. The Kier molecular flexibility index (Phi) is 4.96. The zero-order valence-corrected chi connectivity index (χ0v) is 9.45. The van der Waals surface area contributed by atoms with E-state index in [4.69, 9.17) is 0 Å². The number of benzene rings is 1. The Morgan fingerprint density at radius 3 is 2.67 bits per heavy atom. The first-order valence-corrected chi connectivity index (χ1v) is 5.70. The Bertz CT molecular complexity index is 304. The molecule has 0 bridgehead atoms. The number of allylic oxidation sites excluding steroid dienone is 1. The van der Waals surface area contributed by atoms with Gasteiger partial charge < -0.3 is 5.11 Å². The Morgan fingerprint density at radius 1 is 1.33 bits per heavy atom. The van der Waals surface area contributed by atoms with E-state index in [-0.39, 0.29) is 5.92 Å². The number of hydrogen-bond donors (Lipinski definition) is 1. The quantitative estimate of drug-likeness (QED) is 0.542. The first-order valence-electron chi connectivity index (χ1n) is 5.70. The van der Waals surface area contributed by atoms with Crippen molar-refractivity contribution in [2.45, 2.75) is 38.5 Å². The fraction of sp³-hybridized carbons (Fsp3) is 0.429. The lowest BCUT2D eigenvalue weighted by Crippen LogP contribution is -1.95. The number of phenols is 1. The van der Waals surface area contributed by atoms with Crippen LogP contribution < -0.4 is 0 Å². The summed E-state index contributed by atoms with van der Waals surface area (Å²) in [7, 11) is 0. The fourth-order valence-electron chi connectivity index (χ4n) is 1.82. The molecule has 1 heteroatoms. The van der Waals surface area contributed by atoms with E-state index in [0.29, 0.717) is 5.75 Å². The lowest BCUT2D eigenvalue weighted by Gasteiger charge is -2.13. The van der Waals surface area contributed by atoms with Gasteiger partial charge in [0.05, 0.1) is 0 Å².